The van der Waals surface area contributed by atoms with Gasteiger partial charge in [0.1, 0.15) is 18.7 Å². The summed E-state index contributed by atoms with van der Waals surface area (Å²) in [5.41, 5.74) is 0.635. The molecule has 0 aromatic carbocycles. The molecule has 0 radical (unpaired) electrons. The van der Waals surface area contributed by atoms with E-state index in [0.717, 1.165) is 43.7 Å². The Morgan fingerprint density at radius 1 is 1.17 bits per heavy atom. The standard InChI is InChI=1S/C14H17F3N6/c15-14(16,17)8-23-5-10-11(21-23)19-9-20-12(10)22-6-13(7-22)1-3-18-4-2-13/h5,9,18H,1-4,6-8H2. The van der Waals surface area contributed by atoms with Crippen molar-refractivity contribution in [2.45, 2.75) is 25.6 Å². The van der Waals surface area contributed by atoms with Crippen LogP contribution in [0.5, 0.6) is 0 Å². The van der Waals surface area contributed by atoms with E-state index in [1.807, 2.05) is 0 Å². The summed E-state index contributed by atoms with van der Waals surface area (Å²) in [5, 5.41) is 7.85. The molecule has 0 bridgehead atoms. The fourth-order valence-corrected chi connectivity index (χ4v) is 3.58. The predicted molar refractivity (Wildman–Crippen MR) is 78.1 cm³/mol. The van der Waals surface area contributed by atoms with E-state index in [1.165, 1.54) is 12.5 Å². The SMILES string of the molecule is FC(F)(F)Cn1cc2c(N3CC4(CCNCC4)C3)ncnc2n1. The third-order valence-electron chi connectivity index (χ3n) is 4.70. The summed E-state index contributed by atoms with van der Waals surface area (Å²) >= 11 is 0. The van der Waals surface area contributed by atoms with Gasteiger partial charge in [-0.15, -0.1) is 0 Å². The molecule has 0 unspecified atom stereocenters. The summed E-state index contributed by atoms with van der Waals surface area (Å²) in [6.07, 6.45) is 0.725. The molecule has 23 heavy (non-hydrogen) atoms. The molecule has 4 heterocycles. The highest BCUT2D eigenvalue weighted by Crippen LogP contribution is 2.41. The van der Waals surface area contributed by atoms with Crippen LogP contribution >= 0.6 is 0 Å². The van der Waals surface area contributed by atoms with Crippen molar-refractivity contribution in [2.75, 3.05) is 31.1 Å². The molecule has 6 nitrogen and oxygen atoms in total. The van der Waals surface area contributed by atoms with E-state index in [1.54, 1.807) is 0 Å². The van der Waals surface area contributed by atoms with Gasteiger partial charge in [-0.1, -0.05) is 0 Å². The van der Waals surface area contributed by atoms with Crippen molar-refractivity contribution in [2.24, 2.45) is 5.41 Å². The van der Waals surface area contributed by atoms with Crippen LogP contribution in [0.15, 0.2) is 12.5 Å². The molecule has 0 saturated carbocycles. The Balaban J connectivity index is 1.58. The Morgan fingerprint density at radius 3 is 2.61 bits per heavy atom. The number of nitrogens with one attached hydrogen (secondary N) is 1. The van der Waals surface area contributed by atoms with Gasteiger partial charge in [0.25, 0.3) is 0 Å². The van der Waals surface area contributed by atoms with Gasteiger partial charge in [0, 0.05) is 24.7 Å². The Hall–Kier alpha value is -1.90. The van der Waals surface area contributed by atoms with Crippen molar-refractivity contribution in [1.82, 2.24) is 25.1 Å². The molecule has 2 saturated heterocycles. The fraction of sp³-hybridized carbons (Fsp3) is 0.643. The molecule has 0 aliphatic carbocycles. The lowest BCUT2D eigenvalue weighted by atomic mass is 9.72. The van der Waals surface area contributed by atoms with Crippen LogP contribution in [0.2, 0.25) is 0 Å². The smallest absolute Gasteiger partial charge is 0.355 e. The van der Waals surface area contributed by atoms with Crippen LogP contribution in [-0.4, -0.2) is 52.1 Å². The number of fused-ring (bicyclic) bond motifs is 1. The molecule has 1 N–H and O–H groups in total. The van der Waals surface area contributed by atoms with Crippen molar-refractivity contribution in [3.63, 3.8) is 0 Å². The van der Waals surface area contributed by atoms with E-state index in [9.17, 15) is 13.2 Å². The zero-order chi connectivity index (χ0) is 16.1. The maximum Gasteiger partial charge on any atom is 0.408 e. The van der Waals surface area contributed by atoms with Crippen molar-refractivity contribution >= 4 is 16.9 Å². The zero-order valence-corrected chi connectivity index (χ0v) is 12.5. The van der Waals surface area contributed by atoms with Crippen molar-refractivity contribution in [1.29, 1.82) is 0 Å². The second-order valence-electron chi connectivity index (χ2n) is 6.48. The number of aromatic nitrogens is 4. The number of alkyl halides is 3. The molecule has 0 atom stereocenters. The van der Waals surface area contributed by atoms with E-state index in [2.05, 4.69) is 25.3 Å². The molecule has 9 heteroatoms. The first-order valence-corrected chi connectivity index (χ1v) is 7.65. The van der Waals surface area contributed by atoms with Crippen LogP contribution in [0.3, 0.4) is 0 Å². The van der Waals surface area contributed by atoms with Gasteiger partial charge in [-0.05, 0) is 25.9 Å². The number of piperidine rings is 1. The van der Waals surface area contributed by atoms with Gasteiger partial charge >= 0.3 is 6.18 Å². The van der Waals surface area contributed by atoms with Crippen LogP contribution in [-0.2, 0) is 6.54 Å². The fourth-order valence-electron chi connectivity index (χ4n) is 3.58. The van der Waals surface area contributed by atoms with Gasteiger partial charge in [-0.2, -0.15) is 18.3 Å². The first kappa shape index (κ1) is 14.7. The average Bonchev–Trinajstić information content (AvgIpc) is 2.85. The molecule has 124 valence electrons. The van der Waals surface area contributed by atoms with Crippen LogP contribution in [0.25, 0.3) is 11.0 Å². The Labute approximate surface area is 130 Å². The molecule has 2 aliphatic heterocycles. The molecule has 2 aromatic rings. The molecular formula is C14H17F3N6. The summed E-state index contributed by atoms with van der Waals surface area (Å²) in [6.45, 7) is 2.72. The third-order valence-corrected chi connectivity index (χ3v) is 4.70. The van der Waals surface area contributed by atoms with Gasteiger partial charge < -0.3 is 10.2 Å². The monoisotopic (exact) mass is 326 g/mol. The van der Waals surface area contributed by atoms with E-state index in [4.69, 9.17) is 0 Å². The van der Waals surface area contributed by atoms with Crippen LogP contribution in [0.1, 0.15) is 12.8 Å². The van der Waals surface area contributed by atoms with Gasteiger partial charge in [0.2, 0.25) is 0 Å². The minimum atomic E-state index is -4.30. The largest absolute Gasteiger partial charge is 0.408 e. The van der Waals surface area contributed by atoms with E-state index >= 15 is 0 Å². The van der Waals surface area contributed by atoms with Crippen molar-refractivity contribution < 1.29 is 13.2 Å². The summed E-state index contributed by atoms with van der Waals surface area (Å²) in [7, 11) is 0. The Kier molecular flexibility index (Phi) is 3.22. The van der Waals surface area contributed by atoms with Gasteiger partial charge in [-0.3, -0.25) is 4.68 Å². The molecular weight excluding hydrogens is 309 g/mol. The first-order chi connectivity index (χ1) is 10.9. The van der Waals surface area contributed by atoms with E-state index in [-0.39, 0.29) is 0 Å². The predicted octanol–water partition coefficient (Wildman–Crippen LogP) is 1.58. The minimum Gasteiger partial charge on any atom is -0.355 e. The Morgan fingerprint density at radius 2 is 1.91 bits per heavy atom. The molecule has 2 fully saturated rings. The summed E-state index contributed by atoms with van der Waals surface area (Å²) < 4.78 is 38.5. The highest BCUT2D eigenvalue weighted by Gasteiger charge is 2.44. The average molecular weight is 326 g/mol. The summed E-state index contributed by atoms with van der Waals surface area (Å²) in [5.74, 6) is 0.688. The Bertz CT molecular complexity index is 711. The number of halogens is 3. The lowest BCUT2D eigenvalue weighted by molar-refractivity contribution is -0.142. The van der Waals surface area contributed by atoms with Crippen molar-refractivity contribution in [3.8, 4) is 0 Å². The highest BCUT2D eigenvalue weighted by molar-refractivity contribution is 5.86. The first-order valence-electron chi connectivity index (χ1n) is 7.65. The number of anilines is 1. The number of rotatable bonds is 2. The number of hydrogen-bond donors (Lipinski definition) is 1. The second-order valence-corrected chi connectivity index (χ2v) is 6.48. The third kappa shape index (κ3) is 2.73. The minimum absolute atomic E-state index is 0.311. The van der Waals surface area contributed by atoms with Gasteiger partial charge in [-0.25, -0.2) is 9.97 Å². The molecule has 2 aromatic heterocycles. The zero-order valence-electron chi connectivity index (χ0n) is 12.5. The van der Waals surface area contributed by atoms with Gasteiger partial charge in [0.05, 0.1) is 5.39 Å². The maximum absolute atomic E-state index is 12.5. The quantitative estimate of drug-likeness (QED) is 0.908. The number of hydrogen-bond acceptors (Lipinski definition) is 5. The summed E-state index contributed by atoms with van der Waals surface area (Å²) in [6, 6.07) is 0. The normalized spacial score (nSPS) is 20.9. The maximum atomic E-state index is 12.5. The van der Waals surface area contributed by atoms with E-state index in [0.29, 0.717) is 22.3 Å². The highest BCUT2D eigenvalue weighted by atomic mass is 19.4. The number of nitrogens with zero attached hydrogens (tertiary/aromatic N) is 5. The molecule has 0 amide bonds. The second kappa shape index (κ2) is 5.05. The van der Waals surface area contributed by atoms with Crippen LogP contribution < -0.4 is 10.2 Å². The van der Waals surface area contributed by atoms with Crippen LogP contribution in [0, 0.1) is 5.41 Å². The van der Waals surface area contributed by atoms with Gasteiger partial charge in [0.15, 0.2) is 5.65 Å². The molecule has 4 rings (SSSR count). The van der Waals surface area contributed by atoms with E-state index < -0.39 is 12.7 Å². The molecule has 2 aliphatic rings. The molecule has 1 spiro atoms. The topological polar surface area (TPSA) is 58.9 Å². The van der Waals surface area contributed by atoms with Crippen molar-refractivity contribution in [3.05, 3.63) is 12.5 Å². The van der Waals surface area contributed by atoms with Crippen LogP contribution in [0.4, 0.5) is 19.0 Å². The summed E-state index contributed by atoms with van der Waals surface area (Å²) in [4.78, 5) is 10.4. The lowest BCUT2D eigenvalue weighted by Crippen LogP contribution is -2.60. The lowest BCUT2D eigenvalue weighted by Gasteiger charge is -2.53.